The number of rotatable bonds is 4. The summed E-state index contributed by atoms with van der Waals surface area (Å²) in [6.07, 6.45) is 3.41. The summed E-state index contributed by atoms with van der Waals surface area (Å²) in [5, 5.41) is 6.32. The zero-order valence-electron chi connectivity index (χ0n) is 10.9. The quantitative estimate of drug-likeness (QED) is 0.690. The molecule has 6 nitrogen and oxygen atoms in total. The van der Waals surface area contributed by atoms with Crippen LogP contribution < -0.4 is 4.90 Å². The highest BCUT2D eigenvalue weighted by molar-refractivity contribution is 9.11. The van der Waals surface area contributed by atoms with Gasteiger partial charge in [-0.3, -0.25) is 0 Å². The zero-order chi connectivity index (χ0) is 14.8. The Morgan fingerprint density at radius 1 is 1.38 bits per heavy atom. The van der Waals surface area contributed by atoms with Gasteiger partial charge in [0.1, 0.15) is 0 Å². The molecule has 0 spiro atoms. The molecule has 3 rings (SSSR count). The third kappa shape index (κ3) is 3.39. The highest BCUT2D eigenvalue weighted by Crippen LogP contribution is 2.22. The van der Waals surface area contributed by atoms with Crippen LogP contribution in [-0.4, -0.2) is 31.8 Å². The van der Waals surface area contributed by atoms with E-state index in [1.807, 2.05) is 11.9 Å². The van der Waals surface area contributed by atoms with Gasteiger partial charge < -0.3 is 4.90 Å². The van der Waals surface area contributed by atoms with Gasteiger partial charge in [0.05, 0.1) is 3.79 Å². The Hall–Kier alpha value is -1.51. The van der Waals surface area contributed by atoms with Gasteiger partial charge in [-0.25, -0.2) is 4.68 Å². The number of thiophene rings is 1. The molecule has 0 atom stereocenters. The second-order valence-corrected chi connectivity index (χ2v) is 6.90. The van der Waals surface area contributed by atoms with Crippen LogP contribution in [0.3, 0.4) is 0 Å². The zero-order valence-corrected chi connectivity index (χ0v) is 14.1. The lowest BCUT2D eigenvalue weighted by molar-refractivity contribution is 0.773. The average Bonchev–Trinajstić information content (AvgIpc) is 3.10. The van der Waals surface area contributed by atoms with Gasteiger partial charge in [-0.05, 0) is 50.6 Å². The maximum absolute atomic E-state index is 5.98. The molecule has 3 aromatic heterocycles. The van der Waals surface area contributed by atoms with Gasteiger partial charge in [0.25, 0.3) is 5.95 Å². The highest BCUT2D eigenvalue weighted by Gasteiger charge is 2.12. The maximum atomic E-state index is 5.98. The molecule has 0 aliphatic rings. The average molecular weight is 386 g/mol. The number of anilines is 1. The predicted molar refractivity (Wildman–Crippen MR) is 86.1 cm³/mol. The molecule has 0 saturated carbocycles. The van der Waals surface area contributed by atoms with Gasteiger partial charge in [0.2, 0.25) is 11.2 Å². The van der Waals surface area contributed by atoms with E-state index in [0.29, 0.717) is 18.4 Å². The van der Waals surface area contributed by atoms with Gasteiger partial charge in [-0.1, -0.05) is 0 Å². The minimum atomic E-state index is 0.142. The Morgan fingerprint density at radius 2 is 2.24 bits per heavy atom. The van der Waals surface area contributed by atoms with Crippen molar-refractivity contribution in [2.24, 2.45) is 0 Å². The Bertz CT molecular complexity index is 744. The topological polar surface area (TPSA) is 59.7 Å². The fraction of sp³-hybridized carbons (Fsp3) is 0.167. The number of halogens is 2. The molecule has 0 saturated heterocycles. The van der Waals surface area contributed by atoms with Crippen LogP contribution in [0.15, 0.2) is 33.7 Å². The van der Waals surface area contributed by atoms with Crippen LogP contribution in [0, 0.1) is 0 Å². The van der Waals surface area contributed by atoms with Crippen molar-refractivity contribution in [1.29, 1.82) is 0 Å². The molecule has 0 radical (unpaired) electrons. The van der Waals surface area contributed by atoms with Crippen molar-refractivity contribution in [3.63, 3.8) is 0 Å². The summed E-state index contributed by atoms with van der Waals surface area (Å²) in [4.78, 5) is 14.5. The smallest absolute Gasteiger partial charge is 0.256 e. The van der Waals surface area contributed by atoms with Gasteiger partial charge in [-0.2, -0.15) is 20.1 Å². The largest absolute Gasteiger partial charge is 0.339 e. The number of aromatic nitrogens is 5. The van der Waals surface area contributed by atoms with Crippen molar-refractivity contribution in [3.8, 4) is 5.95 Å². The van der Waals surface area contributed by atoms with Crippen molar-refractivity contribution >= 4 is 44.8 Å². The van der Waals surface area contributed by atoms with E-state index in [1.54, 1.807) is 34.5 Å². The van der Waals surface area contributed by atoms with E-state index in [9.17, 15) is 0 Å². The van der Waals surface area contributed by atoms with Crippen molar-refractivity contribution < 1.29 is 0 Å². The van der Waals surface area contributed by atoms with E-state index >= 15 is 0 Å². The first-order chi connectivity index (χ1) is 10.1. The number of hydrogen-bond acceptors (Lipinski definition) is 6. The normalized spacial score (nSPS) is 10.8. The SMILES string of the molecule is CN(Cc1csc(Br)c1)c1nc(Cl)nc(-n2cccn2)n1. The first kappa shape index (κ1) is 14.4. The lowest BCUT2D eigenvalue weighted by Gasteiger charge is -2.16. The summed E-state index contributed by atoms with van der Waals surface area (Å²) in [6.45, 7) is 0.682. The van der Waals surface area contributed by atoms with Gasteiger partial charge >= 0.3 is 0 Å². The minimum Gasteiger partial charge on any atom is -0.339 e. The summed E-state index contributed by atoms with van der Waals surface area (Å²) in [5.41, 5.74) is 1.17. The molecule has 0 aromatic carbocycles. The third-order valence-electron chi connectivity index (χ3n) is 2.68. The van der Waals surface area contributed by atoms with E-state index in [-0.39, 0.29) is 5.28 Å². The van der Waals surface area contributed by atoms with E-state index in [2.05, 4.69) is 47.4 Å². The number of nitrogens with zero attached hydrogens (tertiary/aromatic N) is 6. The van der Waals surface area contributed by atoms with Crippen LogP contribution in [0.5, 0.6) is 0 Å². The van der Waals surface area contributed by atoms with E-state index in [0.717, 1.165) is 3.79 Å². The molecular weight excluding hydrogens is 376 g/mol. The van der Waals surface area contributed by atoms with Crippen molar-refractivity contribution in [2.75, 3.05) is 11.9 Å². The second kappa shape index (κ2) is 6.08. The highest BCUT2D eigenvalue weighted by atomic mass is 79.9. The summed E-state index contributed by atoms with van der Waals surface area (Å²) in [5.74, 6) is 0.899. The molecule has 0 unspecified atom stereocenters. The Morgan fingerprint density at radius 3 is 2.90 bits per heavy atom. The second-order valence-electron chi connectivity index (χ2n) is 4.27. The lowest BCUT2D eigenvalue weighted by atomic mass is 10.3. The summed E-state index contributed by atoms with van der Waals surface area (Å²) in [7, 11) is 1.91. The first-order valence-electron chi connectivity index (χ1n) is 5.97. The minimum absolute atomic E-state index is 0.142. The maximum Gasteiger partial charge on any atom is 0.256 e. The molecule has 9 heteroatoms. The number of hydrogen-bond donors (Lipinski definition) is 0. The molecule has 0 fully saturated rings. The Balaban J connectivity index is 1.87. The summed E-state index contributed by atoms with van der Waals surface area (Å²) in [6, 6.07) is 3.86. The van der Waals surface area contributed by atoms with Crippen LogP contribution in [0.25, 0.3) is 5.95 Å². The van der Waals surface area contributed by atoms with Gasteiger partial charge in [0, 0.05) is 26.0 Å². The molecule has 3 aromatic rings. The monoisotopic (exact) mass is 384 g/mol. The molecule has 108 valence electrons. The fourth-order valence-electron chi connectivity index (χ4n) is 1.76. The molecule has 0 bridgehead atoms. The standard InChI is InChI=1S/C12H10BrClN6S/c1-19(6-8-5-9(13)21-7-8)11-16-10(14)17-12(18-11)20-4-2-3-15-20/h2-5,7H,6H2,1H3. The van der Waals surface area contributed by atoms with Crippen molar-refractivity contribution in [2.45, 2.75) is 6.54 Å². The van der Waals surface area contributed by atoms with Crippen molar-refractivity contribution in [3.05, 3.63) is 44.5 Å². The summed E-state index contributed by atoms with van der Waals surface area (Å²) >= 11 is 11.1. The van der Waals surface area contributed by atoms with Gasteiger partial charge in [-0.15, -0.1) is 11.3 Å². The van der Waals surface area contributed by atoms with Crippen LogP contribution >= 0.6 is 38.9 Å². The third-order valence-corrected chi connectivity index (χ3v) is 4.40. The lowest BCUT2D eigenvalue weighted by Crippen LogP contribution is -2.20. The van der Waals surface area contributed by atoms with Crippen LogP contribution in [0.2, 0.25) is 5.28 Å². The first-order valence-corrected chi connectivity index (χ1v) is 8.02. The molecule has 0 aliphatic heterocycles. The Labute approximate surface area is 138 Å². The summed E-state index contributed by atoms with van der Waals surface area (Å²) < 4.78 is 2.64. The van der Waals surface area contributed by atoms with Gasteiger partial charge in [0.15, 0.2) is 0 Å². The van der Waals surface area contributed by atoms with Crippen LogP contribution in [-0.2, 0) is 6.54 Å². The Kier molecular flexibility index (Phi) is 4.18. The molecule has 0 amide bonds. The van der Waals surface area contributed by atoms with E-state index < -0.39 is 0 Å². The molecule has 3 heterocycles. The predicted octanol–water partition coefficient (Wildman–Crippen LogP) is 3.17. The van der Waals surface area contributed by atoms with E-state index in [4.69, 9.17) is 11.6 Å². The molecule has 0 aliphatic carbocycles. The molecular formula is C12H10BrClN6S. The van der Waals surface area contributed by atoms with Crippen molar-refractivity contribution in [1.82, 2.24) is 24.7 Å². The fourth-order valence-corrected chi connectivity index (χ4v) is 3.11. The van der Waals surface area contributed by atoms with Crippen LogP contribution in [0.4, 0.5) is 5.95 Å². The van der Waals surface area contributed by atoms with E-state index in [1.165, 1.54) is 5.56 Å². The van der Waals surface area contributed by atoms with Crippen LogP contribution in [0.1, 0.15) is 5.56 Å². The molecule has 21 heavy (non-hydrogen) atoms. The molecule has 0 N–H and O–H groups in total.